The Morgan fingerprint density at radius 2 is 1.27 bits per heavy atom. The number of alkyl halides is 3. The number of rotatable bonds is 25. The molecule has 5 heteroatoms. The second-order valence-corrected chi connectivity index (χ2v) is 17.5. The molecule has 1 aromatic carbocycles. The van der Waals surface area contributed by atoms with Gasteiger partial charge < -0.3 is 9.47 Å². The van der Waals surface area contributed by atoms with Gasteiger partial charge in [0.1, 0.15) is 0 Å². The van der Waals surface area contributed by atoms with Crippen LogP contribution in [0.2, 0.25) is 0 Å². The second kappa shape index (κ2) is 34.6. The van der Waals surface area contributed by atoms with Gasteiger partial charge >= 0.3 is 6.18 Å². The molecule has 2 aromatic rings. The fraction of sp³-hybridized carbons (Fsp3) is 0.778. The van der Waals surface area contributed by atoms with Gasteiger partial charge in [-0.2, -0.15) is 13.2 Å². The maximum Gasteiger partial charge on any atom is 0.417 e. The van der Waals surface area contributed by atoms with E-state index in [0.717, 1.165) is 85.0 Å². The highest BCUT2D eigenvalue weighted by Crippen LogP contribution is 2.44. The Bertz CT molecular complexity index is 1380. The number of aryl methyl sites for hydroxylation is 3. The van der Waals surface area contributed by atoms with Gasteiger partial charge in [-0.05, 0) is 132 Å². The highest BCUT2D eigenvalue weighted by molar-refractivity contribution is 5.99. The molecular formula is C54H97F3N2. The number of unbranched alkanes of at least 4 members (excludes halogenated alkanes) is 10. The first-order chi connectivity index (χ1) is 28.3. The van der Waals surface area contributed by atoms with Crippen LogP contribution >= 0.6 is 0 Å². The number of allylic oxidation sites excluding steroid dienone is 4. The summed E-state index contributed by atoms with van der Waals surface area (Å²) in [5.74, 6) is 0.899. The summed E-state index contributed by atoms with van der Waals surface area (Å²) in [6.07, 6.45) is 24.0. The first-order valence-corrected chi connectivity index (χ1v) is 25.1. The van der Waals surface area contributed by atoms with Gasteiger partial charge in [0.05, 0.1) is 5.57 Å². The lowest BCUT2D eigenvalue weighted by molar-refractivity contribution is -0.0689. The van der Waals surface area contributed by atoms with E-state index >= 15 is 0 Å². The Balaban J connectivity index is 0.00000132. The van der Waals surface area contributed by atoms with Gasteiger partial charge in [-0.1, -0.05) is 177 Å². The van der Waals surface area contributed by atoms with Crippen molar-refractivity contribution < 1.29 is 13.2 Å². The van der Waals surface area contributed by atoms with E-state index < -0.39 is 11.7 Å². The normalized spacial score (nSPS) is 13.3. The Morgan fingerprint density at radius 3 is 1.71 bits per heavy atom. The van der Waals surface area contributed by atoms with E-state index in [9.17, 15) is 13.2 Å². The standard InChI is InChI=1S/C34H50F3N.C12H27N.C5H12.C3H8/c1-6-9-11-12-13-14-15-16-23-38-30(8-3)26(5)32-31(38)22-21-28(18-10-7-2)33(32)29(34(35,36)37)24-25(4)27-19-17-20-27;1-5-9-13(10-6-2)11-8-12(4)7-3;1-3-5-4-2;1-3-2/h21-22,24H,6-20,23H2,1-5H3;12H,5-11H2,1-4H3;3-5H2,1-2H3;3H2,1-2H3/b29-24+;;;/t;12-;;/m.1../s1. The van der Waals surface area contributed by atoms with Crippen molar-refractivity contribution >= 4 is 16.5 Å². The van der Waals surface area contributed by atoms with Gasteiger partial charge in [-0.15, -0.1) is 0 Å². The van der Waals surface area contributed by atoms with E-state index in [1.165, 1.54) is 133 Å². The molecule has 0 N–H and O–H groups in total. The minimum absolute atomic E-state index is 0.435. The Labute approximate surface area is 365 Å². The first kappa shape index (κ1) is 57.0. The molecule has 1 atom stereocenters. The molecule has 2 nitrogen and oxygen atoms in total. The third kappa shape index (κ3) is 22.1. The maximum atomic E-state index is 14.8. The second-order valence-electron chi connectivity index (χ2n) is 17.5. The minimum atomic E-state index is -4.40. The number of hydrogen-bond donors (Lipinski definition) is 0. The van der Waals surface area contributed by atoms with Crippen LogP contribution in [-0.2, 0) is 19.4 Å². The Kier molecular flexibility index (Phi) is 33.4. The summed E-state index contributed by atoms with van der Waals surface area (Å²) < 4.78 is 46.7. The van der Waals surface area contributed by atoms with Crippen LogP contribution in [-0.4, -0.2) is 35.3 Å². The average Bonchev–Trinajstić information content (AvgIpc) is 3.46. The number of benzene rings is 1. The van der Waals surface area contributed by atoms with E-state index in [2.05, 4.69) is 91.7 Å². The van der Waals surface area contributed by atoms with Crippen molar-refractivity contribution in [3.05, 3.63) is 51.7 Å². The van der Waals surface area contributed by atoms with Gasteiger partial charge in [0.2, 0.25) is 0 Å². The molecule has 0 radical (unpaired) electrons. The lowest BCUT2D eigenvalue weighted by Gasteiger charge is -2.22. The highest BCUT2D eigenvalue weighted by Gasteiger charge is 2.38. The SMILES string of the molecule is CCC.CCCCC.CCCCCCCCCCn1c(CC)c(C)c2c(/C(=C\C(C)=C3CCC3)C(F)(F)F)c(CCCC)ccc21.CCCN(CCC)CC[C@H](C)CC. The molecule has 1 fully saturated rings. The molecule has 1 aliphatic rings. The molecule has 1 aromatic heterocycles. The smallest absolute Gasteiger partial charge is 0.344 e. The van der Waals surface area contributed by atoms with Crippen LogP contribution in [0.4, 0.5) is 13.2 Å². The molecule has 0 aliphatic heterocycles. The predicted molar refractivity (Wildman–Crippen MR) is 260 cm³/mol. The van der Waals surface area contributed by atoms with Crippen LogP contribution < -0.4 is 0 Å². The Hall–Kier alpha value is -2.01. The zero-order valence-electron chi connectivity index (χ0n) is 41.4. The largest absolute Gasteiger partial charge is 0.417 e. The predicted octanol–water partition coefficient (Wildman–Crippen LogP) is 18.6. The fourth-order valence-corrected chi connectivity index (χ4v) is 8.02. The van der Waals surface area contributed by atoms with Crippen LogP contribution in [0.15, 0.2) is 29.4 Å². The van der Waals surface area contributed by atoms with Crippen molar-refractivity contribution in [2.45, 2.75) is 250 Å². The zero-order valence-corrected chi connectivity index (χ0v) is 41.4. The summed E-state index contributed by atoms with van der Waals surface area (Å²) >= 11 is 0. The van der Waals surface area contributed by atoms with Crippen molar-refractivity contribution in [3.8, 4) is 0 Å². The summed E-state index contributed by atoms with van der Waals surface area (Å²) in [5.41, 5.74) is 5.98. The summed E-state index contributed by atoms with van der Waals surface area (Å²) in [7, 11) is 0. The molecule has 59 heavy (non-hydrogen) atoms. The molecular weight excluding hydrogens is 734 g/mol. The van der Waals surface area contributed by atoms with Gasteiger partial charge in [0, 0.05) is 23.1 Å². The topological polar surface area (TPSA) is 8.17 Å². The van der Waals surface area contributed by atoms with Gasteiger partial charge in [-0.3, -0.25) is 0 Å². The summed E-state index contributed by atoms with van der Waals surface area (Å²) in [5, 5.41) is 0.824. The summed E-state index contributed by atoms with van der Waals surface area (Å²) in [6.45, 7) is 33.0. The third-order valence-corrected chi connectivity index (χ3v) is 11.9. The van der Waals surface area contributed by atoms with E-state index in [1.54, 1.807) is 0 Å². The number of hydrogen-bond acceptors (Lipinski definition) is 1. The molecule has 0 amide bonds. The molecule has 0 spiro atoms. The van der Waals surface area contributed by atoms with Crippen LogP contribution in [0.5, 0.6) is 0 Å². The first-order valence-electron chi connectivity index (χ1n) is 25.1. The van der Waals surface area contributed by atoms with Crippen molar-refractivity contribution in [2.75, 3.05) is 19.6 Å². The number of halogens is 3. The van der Waals surface area contributed by atoms with Crippen molar-refractivity contribution in [1.82, 2.24) is 9.47 Å². The molecule has 344 valence electrons. The van der Waals surface area contributed by atoms with E-state index in [4.69, 9.17) is 0 Å². The molecule has 3 rings (SSSR count). The molecule has 1 saturated carbocycles. The molecule has 0 saturated heterocycles. The zero-order chi connectivity index (χ0) is 44.6. The fourth-order valence-electron chi connectivity index (χ4n) is 8.02. The van der Waals surface area contributed by atoms with Crippen molar-refractivity contribution in [1.29, 1.82) is 0 Å². The van der Waals surface area contributed by atoms with E-state index in [1.807, 2.05) is 19.9 Å². The van der Waals surface area contributed by atoms with Crippen molar-refractivity contribution in [2.24, 2.45) is 5.92 Å². The monoisotopic (exact) mass is 831 g/mol. The molecule has 0 unspecified atom stereocenters. The van der Waals surface area contributed by atoms with Crippen LogP contribution in [0.1, 0.15) is 240 Å². The quantitative estimate of drug-likeness (QED) is 0.0905. The highest BCUT2D eigenvalue weighted by atomic mass is 19.4. The van der Waals surface area contributed by atoms with Gasteiger partial charge in [0.25, 0.3) is 0 Å². The molecule has 1 aliphatic carbocycles. The average molecular weight is 831 g/mol. The van der Waals surface area contributed by atoms with Crippen LogP contribution in [0.3, 0.4) is 0 Å². The minimum Gasteiger partial charge on any atom is -0.344 e. The lowest BCUT2D eigenvalue weighted by atomic mass is 9.85. The lowest BCUT2D eigenvalue weighted by Crippen LogP contribution is -2.27. The van der Waals surface area contributed by atoms with E-state index in [0.29, 0.717) is 12.0 Å². The van der Waals surface area contributed by atoms with Gasteiger partial charge in [-0.25, -0.2) is 0 Å². The summed E-state index contributed by atoms with van der Waals surface area (Å²) in [4.78, 5) is 2.60. The summed E-state index contributed by atoms with van der Waals surface area (Å²) in [6, 6.07) is 4.09. The number of nitrogens with zero attached hydrogens (tertiary/aromatic N) is 2. The van der Waals surface area contributed by atoms with Crippen LogP contribution in [0.25, 0.3) is 16.5 Å². The molecule has 0 bridgehead atoms. The van der Waals surface area contributed by atoms with E-state index in [-0.39, 0.29) is 0 Å². The third-order valence-electron chi connectivity index (χ3n) is 11.9. The number of fused-ring (bicyclic) bond motifs is 1. The Morgan fingerprint density at radius 1 is 0.729 bits per heavy atom. The maximum absolute atomic E-state index is 14.8. The van der Waals surface area contributed by atoms with Crippen LogP contribution in [0, 0.1) is 12.8 Å². The number of aromatic nitrogens is 1. The molecule has 1 heterocycles. The van der Waals surface area contributed by atoms with Crippen molar-refractivity contribution in [3.63, 3.8) is 0 Å². The van der Waals surface area contributed by atoms with Gasteiger partial charge in [0.15, 0.2) is 0 Å².